The van der Waals surface area contributed by atoms with E-state index in [2.05, 4.69) is 58.1 Å². The Balaban J connectivity index is 2.56. The molecule has 0 saturated heterocycles. The second-order valence-corrected chi connectivity index (χ2v) is 6.36. The monoisotopic (exact) mass is 279 g/mol. The number of nitrogens with one attached hydrogen (secondary N) is 1. The number of methoxy groups -OCH3 is 1. The molecule has 3 nitrogen and oxygen atoms in total. The summed E-state index contributed by atoms with van der Waals surface area (Å²) in [7, 11) is 1.71. The summed E-state index contributed by atoms with van der Waals surface area (Å²) in [4.78, 5) is 0. The maximum Gasteiger partial charge on any atom is 0.122 e. The molecule has 0 spiro atoms. The van der Waals surface area contributed by atoms with Crippen LogP contribution in [0, 0.1) is 6.92 Å². The van der Waals surface area contributed by atoms with Gasteiger partial charge in [-0.3, -0.25) is 0 Å². The van der Waals surface area contributed by atoms with Gasteiger partial charge >= 0.3 is 0 Å². The maximum atomic E-state index is 5.99. The molecular weight excluding hydrogens is 250 g/mol. The van der Waals surface area contributed by atoms with E-state index in [9.17, 15) is 0 Å². The molecule has 1 rings (SSSR count). The van der Waals surface area contributed by atoms with Gasteiger partial charge in [-0.25, -0.2) is 0 Å². The fourth-order valence-electron chi connectivity index (χ4n) is 1.99. The fraction of sp³-hybridized carbons (Fsp3) is 0.647. The van der Waals surface area contributed by atoms with E-state index in [1.807, 2.05) is 0 Å². The van der Waals surface area contributed by atoms with Crippen molar-refractivity contribution in [1.82, 2.24) is 5.32 Å². The van der Waals surface area contributed by atoms with Crippen LogP contribution in [0.4, 0.5) is 0 Å². The molecule has 1 aromatic carbocycles. The Morgan fingerprint density at radius 3 is 2.50 bits per heavy atom. The molecule has 0 aromatic heterocycles. The van der Waals surface area contributed by atoms with Crippen LogP contribution in [0.1, 0.15) is 38.8 Å². The van der Waals surface area contributed by atoms with Crippen LogP contribution in [0.2, 0.25) is 0 Å². The van der Waals surface area contributed by atoms with Gasteiger partial charge in [-0.2, -0.15) is 0 Å². The first kappa shape index (κ1) is 17.0. The molecule has 20 heavy (non-hydrogen) atoms. The first-order chi connectivity index (χ1) is 9.34. The Bertz CT molecular complexity index is 410. The number of rotatable bonds is 7. The lowest BCUT2D eigenvalue weighted by Crippen LogP contribution is -2.31. The lowest BCUT2D eigenvalue weighted by atomic mass is 9.86. The molecule has 0 fully saturated rings. The Morgan fingerprint density at radius 2 is 1.95 bits per heavy atom. The topological polar surface area (TPSA) is 30.5 Å². The fourth-order valence-corrected chi connectivity index (χ4v) is 1.99. The van der Waals surface area contributed by atoms with Crippen LogP contribution in [0.25, 0.3) is 0 Å². The minimum Gasteiger partial charge on any atom is -0.489 e. The van der Waals surface area contributed by atoms with Crippen molar-refractivity contribution in [3.8, 4) is 5.75 Å². The third-order valence-electron chi connectivity index (χ3n) is 3.28. The molecule has 0 radical (unpaired) electrons. The van der Waals surface area contributed by atoms with Gasteiger partial charge in [0.2, 0.25) is 0 Å². The van der Waals surface area contributed by atoms with Crippen molar-refractivity contribution in [2.45, 2.75) is 46.1 Å². The van der Waals surface area contributed by atoms with Crippen molar-refractivity contribution in [1.29, 1.82) is 0 Å². The van der Waals surface area contributed by atoms with E-state index >= 15 is 0 Å². The number of hydrogen-bond acceptors (Lipinski definition) is 3. The van der Waals surface area contributed by atoms with E-state index in [4.69, 9.17) is 9.47 Å². The maximum absolute atomic E-state index is 5.99. The number of hydrogen-bond donors (Lipinski definition) is 1. The number of benzene rings is 1. The minimum absolute atomic E-state index is 0.144. The van der Waals surface area contributed by atoms with E-state index < -0.39 is 0 Å². The number of aryl methyl sites for hydroxylation is 1. The van der Waals surface area contributed by atoms with Crippen molar-refractivity contribution >= 4 is 0 Å². The predicted molar refractivity (Wildman–Crippen MR) is 84.7 cm³/mol. The van der Waals surface area contributed by atoms with Gasteiger partial charge < -0.3 is 14.8 Å². The highest BCUT2D eigenvalue weighted by molar-refractivity contribution is 5.38. The average molecular weight is 279 g/mol. The van der Waals surface area contributed by atoms with Crippen LogP contribution in [0.3, 0.4) is 0 Å². The summed E-state index contributed by atoms with van der Waals surface area (Å²) in [6, 6.07) is 6.47. The lowest BCUT2D eigenvalue weighted by Gasteiger charge is -2.22. The molecule has 1 atom stereocenters. The molecule has 0 aliphatic carbocycles. The van der Waals surface area contributed by atoms with Crippen molar-refractivity contribution < 1.29 is 9.47 Å². The van der Waals surface area contributed by atoms with Crippen LogP contribution < -0.4 is 10.1 Å². The first-order valence-corrected chi connectivity index (χ1v) is 7.32. The smallest absolute Gasteiger partial charge is 0.122 e. The summed E-state index contributed by atoms with van der Waals surface area (Å²) >= 11 is 0. The molecule has 0 amide bonds. The average Bonchev–Trinajstić information content (AvgIpc) is 2.36. The van der Waals surface area contributed by atoms with Crippen LogP contribution in [0.15, 0.2) is 18.2 Å². The summed E-state index contributed by atoms with van der Waals surface area (Å²) in [5.41, 5.74) is 2.71. The highest BCUT2D eigenvalue weighted by Gasteiger charge is 2.15. The molecule has 114 valence electrons. The SMILES string of the molecule is COCCNCC(C)Oc1ccc(C(C)(C)C)cc1C. The summed E-state index contributed by atoms with van der Waals surface area (Å²) < 4.78 is 11.0. The van der Waals surface area contributed by atoms with Gasteiger partial charge in [0.25, 0.3) is 0 Å². The minimum atomic E-state index is 0.144. The molecule has 0 heterocycles. The van der Waals surface area contributed by atoms with E-state index in [0.717, 1.165) is 25.4 Å². The van der Waals surface area contributed by atoms with Crippen molar-refractivity contribution in [2.75, 3.05) is 26.8 Å². The van der Waals surface area contributed by atoms with Crippen molar-refractivity contribution in [3.63, 3.8) is 0 Å². The van der Waals surface area contributed by atoms with Gasteiger partial charge in [0.05, 0.1) is 6.61 Å². The third kappa shape index (κ3) is 5.51. The standard InChI is InChI=1S/C17H29NO2/c1-13-11-15(17(3,4)5)7-8-16(13)20-14(2)12-18-9-10-19-6/h7-8,11,14,18H,9-10,12H2,1-6H3. The van der Waals surface area contributed by atoms with Gasteiger partial charge in [-0.1, -0.05) is 32.9 Å². The van der Waals surface area contributed by atoms with E-state index in [1.54, 1.807) is 7.11 Å². The quantitative estimate of drug-likeness (QED) is 0.777. The van der Waals surface area contributed by atoms with Gasteiger partial charge in [0.1, 0.15) is 11.9 Å². The zero-order valence-electron chi connectivity index (χ0n) is 13.7. The van der Waals surface area contributed by atoms with Gasteiger partial charge in [-0.05, 0) is 36.5 Å². The molecule has 0 aliphatic rings. The third-order valence-corrected chi connectivity index (χ3v) is 3.28. The summed E-state index contributed by atoms with van der Waals surface area (Å²) in [5, 5.41) is 3.31. The van der Waals surface area contributed by atoms with Crippen LogP contribution in [-0.2, 0) is 10.2 Å². The summed E-state index contributed by atoms with van der Waals surface area (Å²) in [5.74, 6) is 0.971. The predicted octanol–water partition coefficient (Wildman–Crippen LogP) is 3.30. The molecular formula is C17H29NO2. The summed E-state index contributed by atoms with van der Waals surface area (Å²) in [6.45, 7) is 13.3. The van der Waals surface area contributed by atoms with Crippen LogP contribution in [0.5, 0.6) is 5.75 Å². The Labute approximate surface area is 123 Å². The Hall–Kier alpha value is -1.06. The summed E-state index contributed by atoms with van der Waals surface area (Å²) in [6.07, 6.45) is 0.144. The van der Waals surface area contributed by atoms with E-state index in [1.165, 1.54) is 11.1 Å². The van der Waals surface area contributed by atoms with Crippen LogP contribution >= 0.6 is 0 Å². The van der Waals surface area contributed by atoms with Gasteiger partial charge in [0.15, 0.2) is 0 Å². The molecule has 1 aromatic rings. The Kier molecular flexibility index (Phi) is 6.50. The van der Waals surface area contributed by atoms with Crippen LogP contribution in [-0.4, -0.2) is 32.9 Å². The molecule has 0 bridgehead atoms. The largest absolute Gasteiger partial charge is 0.489 e. The highest BCUT2D eigenvalue weighted by atomic mass is 16.5. The van der Waals surface area contributed by atoms with Gasteiger partial charge in [0, 0.05) is 20.2 Å². The van der Waals surface area contributed by atoms with Gasteiger partial charge in [-0.15, -0.1) is 0 Å². The molecule has 0 aliphatic heterocycles. The second kappa shape index (κ2) is 7.65. The zero-order chi connectivity index (χ0) is 15.2. The molecule has 0 saturated carbocycles. The van der Waals surface area contributed by atoms with E-state index in [-0.39, 0.29) is 11.5 Å². The van der Waals surface area contributed by atoms with E-state index in [0.29, 0.717) is 0 Å². The second-order valence-electron chi connectivity index (χ2n) is 6.36. The van der Waals surface area contributed by atoms with Crippen molar-refractivity contribution in [3.05, 3.63) is 29.3 Å². The number of ether oxygens (including phenoxy) is 2. The molecule has 3 heteroatoms. The van der Waals surface area contributed by atoms with Crippen molar-refractivity contribution in [2.24, 2.45) is 0 Å². The highest BCUT2D eigenvalue weighted by Crippen LogP contribution is 2.27. The zero-order valence-corrected chi connectivity index (χ0v) is 13.7. The lowest BCUT2D eigenvalue weighted by molar-refractivity contribution is 0.184. The first-order valence-electron chi connectivity index (χ1n) is 7.32. The molecule has 1 unspecified atom stereocenters. The molecule has 1 N–H and O–H groups in total. The normalized spacial score (nSPS) is 13.3. The Morgan fingerprint density at radius 1 is 1.25 bits per heavy atom.